The van der Waals surface area contributed by atoms with Crippen LogP contribution in [0.2, 0.25) is 0 Å². The van der Waals surface area contributed by atoms with Crippen LogP contribution in [-0.4, -0.2) is 17.9 Å². The van der Waals surface area contributed by atoms with Crippen molar-refractivity contribution in [1.29, 1.82) is 0 Å². The summed E-state index contributed by atoms with van der Waals surface area (Å²) in [5, 5.41) is 2.10. The molecular formula is C28H26N2O3. The van der Waals surface area contributed by atoms with Gasteiger partial charge in [-0.3, -0.25) is 20.4 Å². The van der Waals surface area contributed by atoms with Crippen molar-refractivity contribution in [3.05, 3.63) is 103 Å². The minimum Gasteiger partial charge on any atom is -0.481 e. The lowest BCUT2D eigenvalue weighted by atomic mass is 10.0. The molecule has 4 aromatic rings. The summed E-state index contributed by atoms with van der Waals surface area (Å²) >= 11 is 0. The van der Waals surface area contributed by atoms with E-state index in [9.17, 15) is 9.59 Å². The Morgan fingerprint density at radius 3 is 2.18 bits per heavy atom. The summed E-state index contributed by atoms with van der Waals surface area (Å²) in [6, 6.07) is 31.4. The largest absolute Gasteiger partial charge is 0.481 e. The first-order valence-corrected chi connectivity index (χ1v) is 11.0. The summed E-state index contributed by atoms with van der Waals surface area (Å²) in [5.41, 5.74) is 8.09. The maximum atomic E-state index is 12.6. The number of carbonyl (C=O) groups excluding carboxylic acids is 2. The van der Waals surface area contributed by atoms with E-state index in [4.69, 9.17) is 4.74 Å². The van der Waals surface area contributed by atoms with Gasteiger partial charge in [0.1, 0.15) is 5.75 Å². The zero-order valence-electron chi connectivity index (χ0n) is 18.5. The Balaban J connectivity index is 1.32. The number of amides is 2. The average molecular weight is 439 g/mol. The minimum atomic E-state index is -0.717. The number of hydrogen-bond acceptors (Lipinski definition) is 3. The van der Waals surface area contributed by atoms with Crippen LogP contribution in [0.4, 0.5) is 0 Å². The van der Waals surface area contributed by atoms with Crippen molar-refractivity contribution in [2.45, 2.75) is 25.9 Å². The molecule has 33 heavy (non-hydrogen) atoms. The lowest BCUT2D eigenvalue weighted by Crippen LogP contribution is -2.48. The van der Waals surface area contributed by atoms with Crippen LogP contribution in [0.3, 0.4) is 0 Å². The van der Waals surface area contributed by atoms with E-state index in [1.807, 2.05) is 104 Å². The Morgan fingerprint density at radius 2 is 1.42 bits per heavy atom. The zero-order valence-corrected chi connectivity index (χ0v) is 18.5. The molecular weight excluding hydrogens is 412 g/mol. The van der Waals surface area contributed by atoms with Crippen LogP contribution in [-0.2, 0) is 16.0 Å². The summed E-state index contributed by atoms with van der Waals surface area (Å²) < 4.78 is 5.86. The van der Waals surface area contributed by atoms with Crippen molar-refractivity contribution in [3.63, 3.8) is 0 Å². The number of nitrogens with one attached hydrogen (secondary N) is 2. The molecule has 0 fully saturated rings. The van der Waals surface area contributed by atoms with Crippen LogP contribution in [0.15, 0.2) is 97.1 Å². The third kappa shape index (κ3) is 5.57. The van der Waals surface area contributed by atoms with Crippen LogP contribution in [0.5, 0.6) is 5.75 Å². The molecule has 2 amide bonds. The van der Waals surface area contributed by atoms with E-state index in [1.165, 1.54) is 0 Å². The van der Waals surface area contributed by atoms with Crippen molar-refractivity contribution in [2.75, 3.05) is 0 Å². The molecule has 2 N–H and O–H groups in total. The third-order valence-corrected chi connectivity index (χ3v) is 5.46. The van der Waals surface area contributed by atoms with Gasteiger partial charge in [-0.2, -0.15) is 0 Å². The molecule has 0 aromatic heterocycles. The van der Waals surface area contributed by atoms with Gasteiger partial charge in [-0.25, -0.2) is 0 Å². The lowest BCUT2D eigenvalue weighted by molar-refractivity contribution is -0.133. The molecule has 5 nitrogen and oxygen atoms in total. The summed E-state index contributed by atoms with van der Waals surface area (Å²) in [6.07, 6.45) is -0.0865. The van der Waals surface area contributed by atoms with Crippen LogP contribution < -0.4 is 15.6 Å². The summed E-state index contributed by atoms with van der Waals surface area (Å²) in [7, 11) is 0. The molecule has 0 radical (unpaired) electrons. The van der Waals surface area contributed by atoms with Gasteiger partial charge in [-0.1, -0.05) is 91.9 Å². The van der Waals surface area contributed by atoms with Crippen molar-refractivity contribution in [1.82, 2.24) is 10.9 Å². The molecule has 0 aliphatic rings. The Kier molecular flexibility index (Phi) is 7.00. The molecule has 1 atom stereocenters. The molecule has 0 aliphatic heterocycles. The normalized spacial score (nSPS) is 11.5. The molecule has 0 saturated heterocycles. The Labute approximate surface area is 193 Å². The van der Waals surface area contributed by atoms with Gasteiger partial charge in [0.25, 0.3) is 5.91 Å². The molecule has 5 heteroatoms. The van der Waals surface area contributed by atoms with E-state index in [1.54, 1.807) is 0 Å². The number of hydrogen-bond donors (Lipinski definition) is 2. The fourth-order valence-corrected chi connectivity index (χ4v) is 3.72. The molecule has 0 heterocycles. The molecule has 0 bridgehead atoms. The highest BCUT2D eigenvalue weighted by Gasteiger charge is 2.19. The van der Waals surface area contributed by atoms with E-state index in [0.717, 1.165) is 27.5 Å². The number of benzene rings is 4. The molecule has 4 aromatic carbocycles. The van der Waals surface area contributed by atoms with Crippen LogP contribution in [0.25, 0.3) is 21.9 Å². The van der Waals surface area contributed by atoms with Gasteiger partial charge in [-0.05, 0) is 46.0 Å². The predicted molar refractivity (Wildman–Crippen MR) is 131 cm³/mol. The van der Waals surface area contributed by atoms with Crippen LogP contribution in [0, 0.1) is 0 Å². The van der Waals surface area contributed by atoms with E-state index < -0.39 is 12.0 Å². The lowest BCUT2D eigenvalue weighted by Gasteiger charge is -2.18. The Hall–Kier alpha value is -4.12. The number of hydrazine groups is 1. The highest BCUT2D eigenvalue weighted by Crippen LogP contribution is 2.23. The van der Waals surface area contributed by atoms with Crippen molar-refractivity contribution >= 4 is 22.6 Å². The third-order valence-electron chi connectivity index (χ3n) is 5.46. The first-order chi connectivity index (χ1) is 16.1. The fourth-order valence-electron chi connectivity index (χ4n) is 3.72. The Bertz CT molecular complexity index is 1230. The van der Waals surface area contributed by atoms with Crippen molar-refractivity contribution in [2.24, 2.45) is 0 Å². The first kappa shape index (κ1) is 22.1. The standard InChI is InChI=1S/C28H26N2O3/c1-2-26(33-24-17-15-21(16-18-24)20-9-4-3-5-10-20)28(32)30-29-27(31)19-23-13-8-12-22-11-6-7-14-25(22)23/h3-18,26H,2,19H2,1H3,(H,29,31)(H,30,32). The van der Waals surface area contributed by atoms with Gasteiger partial charge in [-0.15, -0.1) is 0 Å². The average Bonchev–Trinajstić information content (AvgIpc) is 2.87. The fraction of sp³-hybridized carbons (Fsp3) is 0.143. The monoisotopic (exact) mass is 438 g/mol. The van der Waals surface area contributed by atoms with Crippen LogP contribution >= 0.6 is 0 Å². The molecule has 0 saturated carbocycles. The molecule has 0 aliphatic carbocycles. The van der Waals surface area contributed by atoms with E-state index >= 15 is 0 Å². The van der Waals surface area contributed by atoms with Crippen molar-refractivity contribution in [3.8, 4) is 16.9 Å². The number of ether oxygens (including phenoxy) is 1. The summed E-state index contributed by atoms with van der Waals surface area (Å²) in [5.74, 6) is -0.0866. The van der Waals surface area contributed by atoms with Gasteiger partial charge in [0.05, 0.1) is 6.42 Å². The highest BCUT2D eigenvalue weighted by molar-refractivity contribution is 5.91. The zero-order chi connectivity index (χ0) is 23.0. The number of fused-ring (bicyclic) bond motifs is 1. The molecule has 0 spiro atoms. The van der Waals surface area contributed by atoms with Gasteiger partial charge in [0.15, 0.2) is 6.10 Å². The number of carbonyl (C=O) groups is 2. The minimum absolute atomic E-state index is 0.167. The first-order valence-electron chi connectivity index (χ1n) is 11.0. The van der Waals surface area contributed by atoms with Gasteiger partial charge < -0.3 is 4.74 Å². The smallest absolute Gasteiger partial charge is 0.279 e. The van der Waals surface area contributed by atoms with Gasteiger partial charge in [0.2, 0.25) is 5.91 Å². The van der Waals surface area contributed by atoms with Crippen LogP contribution in [0.1, 0.15) is 18.9 Å². The van der Waals surface area contributed by atoms with E-state index in [-0.39, 0.29) is 12.3 Å². The predicted octanol–water partition coefficient (Wildman–Crippen LogP) is 5.05. The molecule has 166 valence electrons. The summed E-state index contributed by atoms with van der Waals surface area (Å²) in [4.78, 5) is 25.0. The van der Waals surface area contributed by atoms with Crippen molar-refractivity contribution < 1.29 is 14.3 Å². The van der Waals surface area contributed by atoms with E-state index in [0.29, 0.717) is 12.2 Å². The molecule has 1 unspecified atom stereocenters. The quantitative estimate of drug-likeness (QED) is 0.397. The second kappa shape index (κ2) is 10.5. The maximum Gasteiger partial charge on any atom is 0.279 e. The Morgan fingerprint density at radius 1 is 0.758 bits per heavy atom. The maximum absolute atomic E-state index is 12.6. The topological polar surface area (TPSA) is 67.4 Å². The van der Waals surface area contributed by atoms with Gasteiger partial charge in [0, 0.05) is 0 Å². The van der Waals surface area contributed by atoms with E-state index in [2.05, 4.69) is 10.9 Å². The molecule has 4 rings (SSSR count). The second-order valence-corrected chi connectivity index (χ2v) is 7.76. The highest BCUT2D eigenvalue weighted by atomic mass is 16.5. The summed E-state index contributed by atoms with van der Waals surface area (Å²) in [6.45, 7) is 1.86. The van der Waals surface area contributed by atoms with Gasteiger partial charge >= 0.3 is 0 Å². The SMILES string of the molecule is CCC(Oc1ccc(-c2ccccc2)cc1)C(=O)NNC(=O)Cc1cccc2ccccc12. The second-order valence-electron chi connectivity index (χ2n) is 7.76. The number of rotatable bonds is 7.